The van der Waals surface area contributed by atoms with Gasteiger partial charge in [-0.1, -0.05) is 137 Å². The Morgan fingerprint density at radius 3 is 1.88 bits per heavy atom. The van der Waals surface area contributed by atoms with Crippen molar-refractivity contribution in [3.05, 3.63) is 133 Å². The second-order valence-corrected chi connectivity index (χ2v) is 22.7. The lowest BCUT2D eigenvalue weighted by atomic mass is 9.80. The number of hydrogen-bond acceptors (Lipinski definition) is 5. The van der Waals surface area contributed by atoms with E-state index in [0.29, 0.717) is 18.3 Å². The lowest BCUT2D eigenvalue weighted by Crippen LogP contribution is -2.69. The van der Waals surface area contributed by atoms with Gasteiger partial charge in [0.1, 0.15) is 17.8 Å². The summed E-state index contributed by atoms with van der Waals surface area (Å²) in [6, 6.07) is 38.1. The van der Waals surface area contributed by atoms with Crippen molar-refractivity contribution < 1.29 is 23.5 Å². The number of esters is 1. The molecule has 0 bridgehead atoms. The number of carbonyl (C=O) groups excluding carboxylic acids is 2. The number of hydrogen-bond donors (Lipinski definition) is 0. The fourth-order valence-electron chi connectivity index (χ4n) is 6.87. The van der Waals surface area contributed by atoms with Crippen molar-refractivity contribution in [3.63, 3.8) is 0 Å². The third-order valence-corrected chi connectivity index (χ3v) is 19.2. The number of rotatable bonds is 14. The molecule has 1 fully saturated rings. The van der Waals surface area contributed by atoms with E-state index in [9.17, 15) is 4.79 Å². The lowest BCUT2D eigenvalue weighted by molar-refractivity contribution is -0.157. The van der Waals surface area contributed by atoms with Gasteiger partial charge >= 0.3 is 5.97 Å². The van der Waals surface area contributed by atoms with Crippen LogP contribution in [0.4, 0.5) is 0 Å². The largest absolute Gasteiger partial charge is 0.497 e. The van der Waals surface area contributed by atoms with Crippen LogP contribution in [0.5, 0.6) is 5.75 Å². The van der Waals surface area contributed by atoms with E-state index in [1.54, 1.807) is 18.1 Å². The van der Waals surface area contributed by atoms with E-state index in [0.717, 1.165) is 27.2 Å². The zero-order valence-electron chi connectivity index (χ0n) is 31.0. The quantitative estimate of drug-likeness (QED) is 0.0439. The average molecular weight is 722 g/mol. The van der Waals surface area contributed by atoms with Crippen LogP contribution in [0.25, 0.3) is 0 Å². The number of benzene rings is 4. The molecular formula is C43H52NO5PSi. The van der Waals surface area contributed by atoms with E-state index in [4.69, 9.17) is 13.9 Å². The van der Waals surface area contributed by atoms with E-state index in [2.05, 4.69) is 82.9 Å². The summed E-state index contributed by atoms with van der Waals surface area (Å²) in [5.41, 5.74) is 1.47. The molecule has 1 aliphatic rings. The van der Waals surface area contributed by atoms with Crippen LogP contribution in [0.3, 0.4) is 0 Å². The van der Waals surface area contributed by atoms with Crippen LogP contribution in [0.15, 0.2) is 128 Å². The fraction of sp³-hybridized carbons (Fsp3) is 0.326. The zero-order chi connectivity index (χ0) is 36.8. The molecule has 0 N–H and O–H groups in total. The summed E-state index contributed by atoms with van der Waals surface area (Å²) >= 11 is 0. The van der Waals surface area contributed by atoms with Crippen molar-refractivity contribution in [2.45, 2.75) is 70.8 Å². The van der Waals surface area contributed by atoms with Crippen molar-refractivity contribution in [1.29, 1.82) is 0 Å². The monoisotopic (exact) mass is 721 g/mol. The Bertz CT molecular complexity index is 1770. The number of nitrogens with zero attached hydrogens (tertiary/aromatic N) is 1. The van der Waals surface area contributed by atoms with E-state index >= 15 is 4.79 Å². The van der Waals surface area contributed by atoms with Gasteiger partial charge in [0.25, 0.3) is 0 Å². The van der Waals surface area contributed by atoms with Gasteiger partial charge in [0.2, 0.25) is 5.91 Å². The number of carbonyl (C=O) groups is 2. The van der Waals surface area contributed by atoms with Gasteiger partial charge < -0.3 is 18.8 Å². The maximum Gasteiger partial charge on any atom is 0.356 e. The minimum absolute atomic E-state index is 0.0194. The highest BCUT2D eigenvalue weighted by Gasteiger charge is 2.56. The highest BCUT2D eigenvalue weighted by atomic mass is 31.2. The first-order valence-corrected chi connectivity index (χ1v) is 22.4. The van der Waals surface area contributed by atoms with Crippen LogP contribution in [0.2, 0.25) is 18.1 Å². The molecule has 1 saturated heterocycles. The second-order valence-electron chi connectivity index (χ2n) is 14.7. The fourth-order valence-corrected chi connectivity index (χ4v) is 12.7. The molecule has 51 heavy (non-hydrogen) atoms. The standard InChI is InChI=1S/C43H52NO5PSi/c1-9-30-48-42(46)41(50(35-22-13-10-14-23-35,36-24-15-11-16-25-36)37-26-17-12-18-27-37)44-38(29-28-33-20-19-21-34(31-33)47-6)39(40(44)45)32(2)49-51(7,8)43(3,4)5/h9-27,31-32,38-39H,1,28-30H2,2-8H3/t32-,38-,39-/m1/s1. The number of β-lactam (4-membered cyclic amide) rings is 1. The zero-order valence-corrected chi connectivity index (χ0v) is 32.9. The number of likely N-dealkylation sites (tertiary alicyclic amines) is 1. The molecular weight excluding hydrogens is 670 g/mol. The molecule has 1 heterocycles. The van der Waals surface area contributed by atoms with Crippen LogP contribution in [-0.2, 0) is 25.2 Å². The summed E-state index contributed by atoms with van der Waals surface area (Å²) in [7, 11) is -0.580. The van der Waals surface area contributed by atoms with Crippen molar-refractivity contribution in [2.24, 2.45) is 5.92 Å². The summed E-state index contributed by atoms with van der Waals surface area (Å²) < 4.78 is 18.5. The van der Waals surface area contributed by atoms with Crippen LogP contribution in [-0.4, -0.2) is 56.4 Å². The highest BCUT2D eigenvalue weighted by Crippen LogP contribution is 2.50. The molecule has 0 aromatic heterocycles. The summed E-state index contributed by atoms with van der Waals surface area (Å²) in [5.74, 6) is -0.302. The summed E-state index contributed by atoms with van der Waals surface area (Å²) in [6.45, 7) is 13.9. The highest BCUT2D eigenvalue weighted by molar-refractivity contribution is 7.96. The Labute approximate surface area is 305 Å². The second kappa shape index (κ2) is 16.0. The van der Waals surface area contributed by atoms with Gasteiger partial charge in [0.05, 0.1) is 25.2 Å². The Morgan fingerprint density at radius 1 is 0.882 bits per heavy atom. The van der Waals surface area contributed by atoms with Gasteiger partial charge in [-0.2, -0.15) is 0 Å². The molecule has 6 nitrogen and oxygen atoms in total. The van der Waals surface area contributed by atoms with Crippen LogP contribution < -0.4 is 20.7 Å². The van der Waals surface area contributed by atoms with Crippen molar-refractivity contribution in [1.82, 2.24) is 4.90 Å². The number of methoxy groups -OCH3 is 1. The molecule has 1 aliphatic heterocycles. The Hall–Kier alpha value is -4.16. The van der Waals surface area contributed by atoms with Crippen molar-refractivity contribution in [3.8, 4) is 5.75 Å². The summed E-state index contributed by atoms with van der Waals surface area (Å²) in [4.78, 5) is 31.7. The van der Waals surface area contributed by atoms with Gasteiger partial charge in [-0.15, -0.1) is 0 Å². The first kappa shape index (κ1) is 38.1. The van der Waals surface area contributed by atoms with E-state index in [-0.39, 0.29) is 29.7 Å². The number of amides is 1. The molecule has 5 rings (SSSR count). The molecule has 0 spiro atoms. The van der Waals surface area contributed by atoms with Gasteiger partial charge in [0.15, 0.2) is 8.32 Å². The van der Waals surface area contributed by atoms with Gasteiger partial charge in [-0.25, -0.2) is 4.79 Å². The molecule has 0 saturated carbocycles. The predicted molar refractivity (Wildman–Crippen MR) is 214 cm³/mol. The normalized spacial score (nSPS) is 16.9. The van der Waals surface area contributed by atoms with Gasteiger partial charge in [-0.05, 0) is 71.5 Å². The minimum atomic E-state index is -3.03. The molecule has 4 aromatic carbocycles. The van der Waals surface area contributed by atoms with Crippen LogP contribution in [0.1, 0.15) is 39.7 Å². The molecule has 268 valence electrons. The maximum atomic E-state index is 15.0. The predicted octanol–water partition coefficient (Wildman–Crippen LogP) is 7.72. The molecule has 4 aromatic rings. The lowest BCUT2D eigenvalue weighted by Gasteiger charge is -2.53. The maximum absolute atomic E-state index is 15.0. The van der Waals surface area contributed by atoms with Gasteiger partial charge in [0, 0.05) is 6.89 Å². The smallest absolute Gasteiger partial charge is 0.356 e. The Balaban J connectivity index is 1.80. The van der Waals surface area contributed by atoms with Gasteiger partial charge in [-0.3, -0.25) is 4.79 Å². The molecule has 0 unspecified atom stereocenters. The van der Waals surface area contributed by atoms with E-state index in [1.807, 2.05) is 79.7 Å². The van der Waals surface area contributed by atoms with Crippen LogP contribution in [0, 0.1) is 5.92 Å². The third-order valence-electron chi connectivity index (χ3n) is 10.4. The van der Waals surface area contributed by atoms with Crippen molar-refractivity contribution >= 4 is 48.4 Å². The first-order valence-electron chi connectivity index (χ1n) is 17.7. The Kier molecular flexibility index (Phi) is 12.0. The van der Waals surface area contributed by atoms with E-state index in [1.165, 1.54) is 0 Å². The topological polar surface area (TPSA) is 65.1 Å². The molecule has 8 heteroatoms. The SMILES string of the molecule is C=CCOC(=O)C(N1C(=O)[C@H]([C@@H](C)O[Si](C)(C)C(C)(C)C)[C@H]1CCc1cccc(OC)c1)=P(c1ccccc1)(c1ccccc1)c1ccccc1. The van der Waals surface area contributed by atoms with Crippen LogP contribution >= 0.6 is 6.89 Å². The third kappa shape index (κ3) is 7.72. The average Bonchev–Trinajstić information content (AvgIpc) is 3.12. The first-order chi connectivity index (χ1) is 24.4. The summed E-state index contributed by atoms with van der Waals surface area (Å²) in [6.07, 6.45) is 2.51. The number of ether oxygens (including phenoxy) is 2. The minimum Gasteiger partial charge on any atom is -0.497 e. The molecule has 0 aliphatic carbocycles. The van der Waals surface area contributed by atoms with E-state index < -0.39 is 27.1 Å². The molecule has 1 amide bonds. The van der Waals surface area contributed by atoms with Crippen molar-refractivity contribution in [2.75, 3.05) is 13.7 Å². The molecule has 3 atom stereocenters. The number of aryl methyl sites for hydroxylation is 1. The molecule has 0 radical (unpaired) electrons. The summed E-state index contributed by atoms with van der Waals surface area (Å²) in [5, 5.41) is 2.84. The Morgan fingerprint density at radius 2 is 1.41 bits per heavy atom.